The average Bonchev–Trinajstić information content (AvgIpc) is 2.95. The van der Waals surface area contributed by atoms with Gasteiger partial charge in [0, 0.05) is 38.3 Å². The molecular formula is C16H22N4OS2. The van der Waals surface area contributed by atoms with Gasteiger partial charge in [0.15, 0.2) is 3.95 Å². The van der Waals surface area contributed by atoms with E-state index in [2.05, 4.69) is 40.0 Å². The van der Waals surface area contributed by atoms with Gasteiger partial charge in [0.25, 0.3) is 0 Å². The molecule has 3 rings (SSSR count). The highest BCUT2D eigenvalue weighted by molar-refractivity contribution is 7.73. The zero-order valence-corrected chi connectivity index (χ0v) is 15.2. The van der Waals surface area contributed by atoms with Gasteiger partial charge in [-0.1, -0.05) is 29.0 Å². The van der Waals surface area contributed by atoms with Crippen LogP contribution in [0.2, 0.25) is 0 Å². The first kappa shape index (κ1) is 16.6. The first-order valence-corrected chi connectivity index (χ1v) is 9.03. The van der Waals surface area contributed by atoms with Crippen molar-refractivity contribution in [1.29, 1.82) is 0 Å². The number of ether oxygens (including phenoxy) is 1. The van der Waals surface area contributed by atoms with Gasteiger partial charge in [-0.3, -0.25) is 9.80 Å². The maximum atomic E-state index is 5.49. The van der Waals surface area contributed by atoms with Crippen LogP contribution < -0.4 is 4.74 Å². The molecule has 23 heavy (non-hydrogen) atoms. The highest BCUT2D eigenvalue weighted by Crippen LogP contribution is 2.22. The van der Waals surface area contributed by atoms with Crippen LogP contribution in [0.25, 0.3) is 0 Å². The van der Waals surface area contributed by atoms with Crippen LogP contribution in [0.5, 0.6) is 5.75 Å². The third kappa shape index (κ3) is 4.17. The third-order valence-corrected chi connectivity index (χ3v) is 5.29. The minimum Gasteiger partial charge on any atom is -0.496 e. The molecule has 1 fully saturated rings. The van der Waals surface area contributed by atoms with Crippen molar-refractivity contribution in [2.75, 3.05) is 33.3 Å². The largest absolute Gasteiger partial charge is 0.496 e. The van der Waals surface area contributed by atoms with E-state index in [-0.39, 0.29) is 0 Å². The van der Waals surface area contributed by atoms with Crippen LogP contribution in [-0.4, -0.2) is 52.9 Å². The zero-order valence-electron chi connectivity index (χ0n) is 13.6. The van der Waals surface area contributed by atoms with Crippen molar-refractivity contribution in [3.8, 4) is 5.75 Å². The van der Waals surface area contributed by atoms with Crippen molar-refractivity contribution >= 4 is 23.6 Å². The Kier molecular flexibility index (Phi) is 5.42. The SMILES string of the molecule is COc1ccc(C)cc1CN1CCN(Cn2ncsc2=S)CC1. The summed E-state index contributed by atoms with van der Waals surface area (Å²) >= 11 is 6.79. The maximum absolute atomic E-state index is 5.49. The molecule has 1 aromatic carbocycles. The lowest BCUT2D eigenvalue weighted by molar-refractivity contribution is 0.0979. The van der Waals surface area contributed by atoms with Gasteiger partial charge in [-0.2, -0.15) is 5.10 Å². The first-order valence-electron chi connectivity index (χ1n) is 7.74. The predicted molar refractivity (Wildman–Crippen MR) is 95.5 cm³/mol. The Morgan fingerprint density at radius 1 is 1.22 bits per heavy atom. The molecule has 0 spiro atoms. The molecule has 0 saturated carbocycles. The fraction of sp³-hybridized carbons (Fsp3) is 0.500. The molecule has 0 radical (unpaired) electrons. The number of piperazine rings is 1. The van der Waals surface area contributed by atoms with Gasteiger partial charge in [-0.05, 0) is 25.2 Å². The van der Waals surface area contributed by atoms with Crippen molar-refractivity contribution in [3.63, 3.8) is 0 Å². The molecule has 1 aliphatic rings. The van der Waals surface area contributed by atoms with E-state index < -0.39 is 0 Å². The Morgan fingerprint density at radius 3 is 2.61 bits per heavy atom. The summed E-state index contributed by atoms with van der Waals surface area (Å²) in [7, 11) is 1.74. The van der Waals surface area contributed by atoms with Crippen molar-refractivity contribution < 1.29 is 4.74 Å². The Morgan fingerprint density at radius 2 is 1.96 bits per heavy atom. The maximum Gasteiger partial charge on any atom is 0.180 e. The molecule has 0 unspecified atom stereocenters. The Balaban J connectivity index is 1.56. The van der Waals surface area contributed by atoms with E-state index in [0.717, 1.165) is 49.1 Å². The quantitative estimate of drug-likeness (QED) is 0.775. The molecule has 0 atom stereocenters. The summed E-state index contributed by atoms with van der Waals surface area (Å²) < 4.78 is 8.23. The standard InChI is InChI=1S/C16H22N4OS2/c1-13-3-4-15(21-2)14(9-13)10-18-5-7-19(8-6-18)12-20-16(22)23-11-17-20/h3-4,9,11H,5-8,10,12H2,1-2H3. The zero-order chi connectivity index (χ0) is 16.2. The van der Waals surface area contributed by atoms with Crippen LogP contribution in [0.4, 0.5) is 0 Å². The molecule has 0 aliphatic carbocycles. The summed E-state index contributed by atoms with van der Waals surface area (Å²) in [6.07, 6.45) is 0. The second kappa shape index (κ2) is 7.53. The molecule has 1 saturated heterocycles. The molecule has 2 heterocycles. The van der Waals surface area contributed by atoms with Gasteiger partial charge in [-0.25, -0.2) is 4.68 Å². The third-order valence-electron chi connectivity index (χ3n) is 4.18. The minimum absolute atomic E-state index is 0.796. The summed E-state index contributed by atoms with van der Waals surface area (Å²) in [6.45, 7) is 8.03. The number of methoxy groups -OCH3 is 1. The fourth-order valence-corrected chi connectivity index (χ4v) is 3.59. The normalized spacial score (nSPS) is 16.6. The highest BCUT2D eigenvalue weighted by Gasteiger charge is 2.18. The molecule has 2 aromatic rings. The van der Waals surface area contributed by atoms with Crippen LogP contribution in [0.3, 0.4) is 0 Å². The Bertz CT molecular complexity index is 704. The lowest BCUT2D eigenvalue weighted by Crippen LogP contribution is -2.46. The first-order chi connectivity index (χ1) is 11.2. The molecular weight excluding hydrogens is 328 g/mol. The number of hydrogen-bond donors (Lipinski definition) is 0. The molecule has 1 aromatic heterocycles. The smallest absolute Gasteiger partial charge is 0.180 e. The van der Waals surface area contributed by atoms with E-state index in [9.17, 15) is 0 Å². The summed E-state index contributed by atoms with van der Waals surface area (Å²) in [5, 5.41) is 4.29. The van der Waals surface area contributed by atoms with Crippen molar-refractivity contribution in [2.24, 2.45) is 0 Å². The highest BCUT2D eigenvalue weighted by atomic mass is 32.1. The number of rotatable bonds is 5. The van der Waals surface area contributed by atoms with E-state index in [1.165, 1.54) is 22.5 Å². The predicted octanol–water partition coefficient (Wildman–Crippen LogP) is 2.77. The Hall–Kier alpha value is -1.28. The molecule has 1 aliphatic heterocycles. The van der Waals surface area contributed by atoms with Gasteiger partial charge in [0.05, 0.1) is 13.8 Å². The monoisotopic (exact) mass is 350 g/mol. The summed E-state index contributed by atoms with van der Waals surface area (Å²) in [6, 6.07) is 6.38. The van der Waals surface area contributed by atoms with Gasteiger partial charge >= 0.3 is 0 Å². The lowest BCUT2D eigenvalue weighted by atomic mass is 10.1. The fourth-order valence-electron chi connectivity index (χ4n) is 2.88. The van der Waals surface area contributed by atoms with Crippen molar-refractivity contribution in [2.45, 2.75) is 20.1 Å². The summed E-state index contributed by atoms with van der Waals surface area (Å²) in [5.74, 6) is 0.979. The molecule has 7 heteroatoms. The lowest BCUT2D eigenvalue weighted by Gasteiger charge is -2.34. The molecule has 124 valence electrons. The van der Waals surface area contributed by atoms with Crippen molar-refractivity contribution in [1.82, 2.24) is 19.6 Å². The molecule has 0 N–H and O–H groups in total. The van der Waals surface area contributed by atoms with Gasteiger partial charge in [-0.15, -0.1) is 0 Å². The van der Waals surface area contributed by atoms with Crippen LogP contribution in [0.1, 0.15) is 11.1 Å². The van der Waals surface area contributed by atoms with E-state index >= 15 is 0 Å². The van der Waals surface area contributed by atoms with E-state index in [1.807, 2.05) is 10.2 Å². The van der Waals surface area contributed by atoms with Gasteiger partial charge in [0.2, 0.25) is 0 Å². The van der Waals surface area contributed by atoms with Crippen molar-refractivity contribution in [3.05, 3.63) is 38.8 Å². The second-order valence-electron chi connectivity index (χ2n) is 5.86. The Labute approximate surface area is 146 Å². The second-order valence-corrected chi connectivity index (χ2v) is 7.33. The van der Waals surface area contributed by atoms with E-state index in [4.69, 9.17) is 17.0 Å². The van der Waals surface area contributed by atoms with Crippen LogP contribution in [0.15, 0.2) is 23.7 Å². The summed E-state index contributed by atoms with van der Waals surface area (Å²) in [4.78, 5) is 4.88. The average molecular weight is 351 g/mol. The van der Waals surface area contributed by atoms with E-state index in [1.54, 1.807) is 7.11 Å². The number of aryl methyl sites for hydroxylation is 1. The number of aromatic nitrogens is 2. The summed E-state index contributed by atoms with van der Waals surface area (Å²) in [5.41, 5.74) is 4.35. The van der Waals surface area contributed by atoms with Crippen LogP contribution in [-0.2, 0) is 13.2 Å². The molecule has 0 bridgehead atoms. The molecule has 5 nitrogen and oxygen atoms in total. The number of hydrogen-bond acceptors (Lipinski definition) is 6. The van der Waals surface area contributed by atoms with Crippen LogP contribution in [0, 0.1) is 10.9 Å². The van der Waals surface area contributed by atoms with E-state index in [0.29, 0.717) is 0 Å². The minimum atomic E-state index is 0.796. The topological polar surface area (TPSA) is 33.5 Å². The molecule has 0 amide bonds. The van der Waals surface area contributed by atoms with Gasteiger partial charge < -0.3 is 4.74 Å². The number of benzene rings is 1. The van der Waals surface area contributed by atoms with Crippen LogP contribution >= 0.6 is 23.6 Å². The van der Waals surface area contributed by atoms with Gasteiger partial charge in [0.1, 0.15) is 11.3 Å². The number of nitrogens with zero attached hydrogens (tertiary/aromatic N) is 4.